The first kappa shape index (κ1) is 25.3. The average molecular weight is 514 g/mol. The van der Waals surface area contributed by atoms with Gasteiger partial charge in [0.1, 0.15) is 30.2 Å². The predicted molar refractivity (Wildman–Crippen MR) is 122 cm³/mol. The highest BCUT2D eigenvalue weighted by atomic mass is 79.9. The molecular weight excluding hydrogens is 482 g/mol. The van der Waals surface area contributed by atoms with Crippen LogP contribution in [-0.2, 0) is 9.47 Å². The Labute approximate surface area is 196 Å². The SMILES string of the molecule is OC[C@H]1OC(O)[C@H](O)[C@@H](OCCCCCCCCOc2ccc3ncc(Br)cc3c2)[C@@H]1O. The van der Waals surface area contributed by atoms with Crippen molar-refractivity contribution >= 4 is 26.8 Å². The Morgan fingerprint density at radius 3 is 2.41 bits per heavy atom. The van der Waals surface area contributed by atoms with Gasteiger partial charge in [0.15, 0.2) is 6.29 Å². The van der Waals surface area contributed by atoms with E-state index in [0.717, 1.165) is 59.7 Å². The molecule has 1 fully saturated rings. The van der Waals surface area contributed by atoms with Crippen molar-refractivity contribution < 1.29 is 34.6 Å². The number of halogens is 1. The van der Waals surface area contributed by atoms with Crippen LogP contribution < -0.4 is 4.74 Å². The van der Waals surface area contributed by atoms with Crippen LogP contribution in [0.25, 0.3) is 10.9 Å². The molecule has 1 unspecified atom stereocenters. The molecule has 0 bridgehead atoms. The first-order chi connectivity index (χ1) is 15.5. The minimum atomic E-state index is -1.48. The van der Waals surface area contributed by atoms with Crippen LogP contribution in [0.5, 0.6) is 5.75 Å². The Morgan fingerprint density at radius 1 is 0.938 bits per heavy atom. The van der Waals surface area contributed by atoms with Crippen molar-refractivity contribution in [2.24, 2.45) is 0 Å². The highest BCUT2D eigenvalue weighted by molar-refractivity contribution is 9.10. The van der Waals surface area contributed by atoms with E-state index in [4.69, 9.17) is 14.2 Å². The second-order valence-corrected chi connectivity index (χ2v) is 8.96. The molecule has 1 aromatic heterocycles. The molecule has 2 heterocycles. The van der Waals surface area contributed by atoms with Crippen molar-refractivity contribution in [1.82, 2.24) is 4.98 Å². The van der Waals surface area contributed by atoms with Gasteiger partial charge in [0.05, 0.1) is 18.7 Å². The molecule has 3 rings (SSSR count). The van der Waals surface area contributed by atoms with E-state index in [1.807, 2.05) is 24.3 Å². The number of hydrogen-bond donors (Lipinski definition) is 4. The monoisotopic (exact) mass is 513 g/mol. The highest BCUT2D eigenvalue weighted by Crippen LogP contribution is 2.24. The van der Waals surface area contributed by atoms with Crippen molar-refractivity contribution in [1.29, 1.82) is 0 Å². The van der Waals surface area contributed by atoms with E-state index in [1.165, 1.54) is 0 Å². The third kappa shape index (κ3) is 7.08. The van der Waals surface area contributed by atoms with Crippen molar-refractivity contribution in [3.05, 3.63) is 34.9 Å². The Balaban J connectivity index is 1.24. The zero-order chi connectivity index (χ0) is 22.9. The van der Waals surface area contributed by atoms with Gasteiger partial charge in [-0.15, -0.1) is 0 Å². The van der Waals surface area contributed by atoms with Gasteiger partial charge in [-0.3, -0.25) is 4.98 Å². The summed E-state index contributed by atoms with van der Waals surface area (Å²) < 4.78 is 17.3. The molecule has 178 valence electrons. The van der Waals surface area contributed by atoms with Gasteiger partial charge in [0.25, 0.3) is 0 Å². The van der Waals surface area contributed by atoms with Gasteiger partial charge in [-0.25, -0.2) is 0 Å². The summed E-state index contributed by atoms with van der Waals surface area (Å²) in [7, 11) is 0. The van der Waals surface area contributed by atoms with Crippen LogP contribution in [0.3, 0.4) is 0 Å². The number of nitrogens with zero attached hydrogens (tertiary/aromatic N) is 1. The molecule has 0 amide bonds. The van der Waals surface area contributed by atoms with Crippen molar-refractivity contribution in [3.8, 4) is 5.75 Å². The number of aromatic nitrogens is 1. The second-order valence-electron chi connectivity index (χ2n) is 8.04. The summed E-state index contributed by atoms with van der Waals surface area (Å²) in [5, 5.41) is 39.9. The maximum atomic E-state index is 10.1. The van der Waals surface area contributed by atoms with E-state index < -0.39 is 37.3 Å². The first-order valence-electron chi connectivity index (χ1n) is 11.1. The van der Waals surface area contributed by atoms with Gasteiger partial charge in [-0.05, 0) is 53.0 Å². The molecule has 9 heteroatoms. The number of rotatable bonds is 12. The standard InChI is InChI=1S/C23H32BrNO7/c24-16-11-15-12-17(7-8-18(15)25-13-16)30-9-5-3-1-2-4-6-10-31-22-20(27)19(14-26)32-23(29)21(22)28/h7-8,11-13,19-23,26-29H,1-6,9-10,14H2/t19-,20-,21-,22+,23?/m1/s1. The van der Waals surface area contributed by atoms with E-state index in [9.17, 15) is 20.4 Å². The largest absolute Gasteiger partial charge is 0.494 e. The smallest absolute Gasteiger partial charge is 0.184 e. The lowest BCUT2D eigenvalue weighted by Crippen LogP contribution is -2.59. The topological polar surface area (TPSA) is 122 Å². The molecular formula is C23H32BrNO7. The Hall–Kier alpha value is -1.33. The second kappa shape index (κ2) is 12.8. The third-order valence-electron chi connectivity index (χ3n) is 5.58. The summed E-state index contributed by atoms with van der Waals surface area (Å²) >= 11 is 3.44. The zero-order valence-corrected chi connectivity index (χ0v) is 19.6. The summed E-state index contributed by atoms with van der Waals surface area (Å²) in [5.74, 6) is 0.848. The fraction of sp³-hybridized carbons (Fsp3) is 0.609. The number of benzene rings is 1. The van der Waals surface area contributed by atoms with Crippen molar-refractivity contribution in [2.75, 3.05) is 19.8 Å². The summed E-state index contributed by atoms with van der Waals surface area (Å²) in [5.41, 5.74) is 0.940. The maximum absolute atomic E-state index is 10.1. The fourth-order valence-corrected chi connectivity index (χ4v) is 4.11. The number of pyridine rings is 1. The molecule has 0 radical (unpaired) electrons. The Morgan fingerprint density at radius 2 is 1.66 bits per heavy atom. The van der Waals surface area contributed by atoms with E-state index in [-0.39, 0.29) is 0 Å². The van der Waals surface area contributed by atoms with Gasteiger partial charge >= 0.3 is 0 Å². The van der Waals surface area contributed by atoms with Gasteiger partial charge in [0.2, 0.25) is 0 Å². The summed E-state index contributed by atoms with van der Waals surface area (Å²) in [6.45, 7) is 0.577. The lowest BCUT2D eigenvalue weighted by Gasteiger charge is -2.39. The lowest BCUT2D eigenvalue weighted by molar-refractivity contribution is -0.294. The first-order valence-corrected chi connectivity index (χ1v) is 11.9. The summed E-state index contributed by atoms with van der Waals surface area (Å²) in [6, 6.07) is 7.93. The fourth-order valence-electron chi connectivity index (χ4n) is 3.76. The van der Waals surface area contributed by atoms with E-state index in [1.54, 1.807) is 6.20 Å². The minimum absolute atomic E-state index is 0.361. The summed E-state index contributed by atoms with van der Waals surface area (Å²) in [4.78, 5) is 4.35. The number of unbranched alkanes of at least 4 members (excludes halogenated alkanes) is 5. The molecule has 2 aromatic rings. The Bertz CT molecular complexity index is 839. The minimum Gasteiger partial charge on any atom is -0.494 e. The molecule has 0 spiro atoms. The maximum Gasteiger partial charge on any atom is 0.184 e. The zero-order valence-electron chi connectivity index (χ0n) is 18.0. The van der Waals surface area contributed by atoms with Gasteiger partial charge < -0.3 is 34.6 Å². The molecule has 0 aliphatic carbocycles. The van der Waals surface area contributed by atoms with Crippen LogP contribution in [0, 0.1) is 0 Å². The van der Waals surface area contributed by atoms with Crippen LogP contribution in [0.1, 0.15) is 38.5 Å². The quantitative estimate of drug-likeness (QED) is 0.319. The van der Waals surface area contributed by atoms with Crippen molar-refractivity contribution in [2.45, 2.75) is 69.2 Å². The molecule has 5 atom stereocenters. The number of aliphatic hydroxyl groups excluding tert-OH is 4. The Kier molecular flexibility index (Phi) is 10.1. The number of hydrogen-bond acceptors (Lipinski definition) is 8. The van der Waals surface area contributed by atoms with E-state index in [2.05, 4.69) is 20.9 Å². The van der Waals surface area contributed by atoms with E-state index in [0.29, 0.717) is 13.2 Å². The van der Waals surface area contributed by atoms with Crippen molar-refractivity contribution in [3.63, 3.8) is 0 Å². The van der Waals surface area contributed by atoms with Crippen LogP contribution in [0.4, 0.5) is 0 Å². The van der Waals surface area contributed by atoms with Crippen LogP contribution in [-0.4, -0.2) is 75.9 Å². The lowest BCUT2D eigenvalue weighted by atomic mass is 9.99. The predicted octanol–water partition coefficient (Wildman–Crippen LogP) is 2.53. The molecule has 1 aliphatic rings. The average Bonchev–Trinajstić information content (AvgIpc) is 2.79. The number of aliphatic hydroxyl groups is 4. The molecule has 8 nitrogen and oxygen atoms in total. The van der Waals surface area contributed by atoms with Gasteiger partial charge in [-0.2, -0.15) is 0 Å². The molecule has 4 N–H and O–H groups in total. The van der Waals surface area contributed by atoms with Gasteiger partial charge in [0, 0.05) is 22.7 Å². The van der Waals surface area contributed by atoms with E-state index >= 15 is 0 Å². The summed E-state index contributed by atoms with van der Waals surface area (Å²) in [6.07, 6.45) is 1.80. The molecule has 1 aliphatic heterocycles. The normalized spacial score (nSPS) is 25.8. The van der Waals surface area contributed by atoms with Crippen LogP contribution >= 0.6 is 15.9 Å². The molecule has 1 saturated heterocycles. The molecule has 32 heavy (non-hydrogen) atoms. The molecule has 0 saturated carbocycles. The third-order valence-corrected chi connectivity index (χ3v) is 6.01. The van der Waals surface area contributed by atoms with Crippen LogP contribution in [0.2, 0.25) is 0 Å². The number of ether oxygens (including phenoxy) is 3. The van der Waals surface area contributed by atoms with Gasteiger partial charge in [-0.1, -0.05) is 25.7 Å². The van der Waals surface area contributed by atoms with Crippen LogP contribution in [0.15, 0.2) is 34.9 Å². The molecule has 1 aromatic carbocycles. The number of fused-ring (bicyclic) bond motifs is 1. The highest BCUT2D eigenvalue weighted by Gasteiger charge is 2.44.